The van der Waals surface area contributed by atoms with Crippen molar-refractivity contribution in [2.24, 2.45) is 0 Å². The van der Waals surface area contributed by atoms with Crippen molar-refractivity contribution in [2.75, 3.05) is 17.2 Å². The van der Waals surface area contributed by atoms with Gasteiger partial charge in [-0.15, -0.1) is 0 Å². The van der Waals surface area contributed by atoms with Crippen LogP contribution in [0, 0.1) is 5.82 Å². The van der Waals surface area contributed by atoms with Crippen molar-refractivity contribution in [3.05, 3.63) is 30.1 Å². The molecule has 1 unspecified atom stereocenters. The molecule has 1 rings (SSSR count). The molecule has 1 aromatic carbocycles. The molecule has 0 fully saturated rings. The van der Waals surface area contributed by atoms with E-state index in [2.05, 4.69) is 0 Å². The second-order valence-corrected chi connectivity index (χ2v) is 7.10. The maximum absolute atomic E-state index is 13.8. The van der Waals surface area contributed by atoms with E-state index in [0.29, 0.717) is 5.69 Å². The molecule has 0 amide bonds. The molecule has 1 atom stereocenters. The van der Waals surface area contributed by atoms with Crippen LogP contribution in [0.5, 0.6) is 0 Å². The standard InChI is InChI=1S/C13H19F2NO3S/c1-13(2,3)16(8-11(15)9-20(17,18)19)12-6-4-10(14)5-7-12/h4-7,11H,8-9H2,1-3H3,(H,17,18,19). The molecule has 0 aliphatic carbocycles. The third kappa shape index (κ3) is 5.42. The van der Waals surface area contributed by atoms with Crippen molar-refractivity contribution >= 4 is 15.8 Å². The van der Waals surface area contributed by atoms with Crippen LogP contribution in [0.2, 0.25) is 0 Å². The lowest BCUT2D eigenvalue weighted by Crippen LogP contribution is -2.46. The van der Waals surface area contributed by atoms with Crippen LogP contribution < -0.4 is 4.90 Å². The number of halogens is 2. The summed E-state index contributed by atoms with van der Waals surface area (Å²) in [5.41, 5.74) is 0.0957. The minimum atomic E-state index is -4.37. The van der Waals surface area contributed by atoms with Crippen molar-refractivity contribution in [3.8, 4) is 0 Å². The zero-order chi connectivity index (χ0) is 15.6. The normalized spacial score (nSPS) is 14.1. The van der Waals surface area contributed by atoms with Gasteiger partial charge in [-0.05, 0) is 45.0 Å². The Balaban J connectivity index is 2.94. The Labute approximate surface area is 118 Å². The van der Waals surface area contributed by atoms with E-state index in [9.17, 15) is 17.2 Å². The van der Waals surface area contributed by atoms with Crippen molar-refractivity contribution in [1.82, 2.24) is 0 Å². The second kappa shape index (κ2) is 6.05. The average molecular weight is 307 g/mol. The summed E-state index contributed by atoms with van der Waals surface area (Å²) in [5, 5.41) is 0. The van der Waals surface area contributed by atoms with Gasteiger partial charge in [0, 0.05) is 11.2 Å². The Morgan fingerprint density at radius 3 is 2.15 bits per heavy atom. The fraction of sp³-hybridized carbons (Fsp3) is 0.538. The van der Waals surface area contributed by atoms with E-state index in [4.69, 9.17) is 4.55 Å². The molecule has 0 saturated heterocycles. The number of hydrogen-bond donors (Lipinski definition) is 1. The van der Waals surface area contributed by atoms with Gasteiger partial charge in [-0.25, -0.2) is 8.78 Å². The molecule has 0 spiro atoms. The van der Waals surface area contributed by atoms with Gasteiger partial charge >= 0.3 is 0 Å². The van der Waals surface area contributed by atoms with Gasteiger partial charge in [0.2, 0.25) is 0 Å². The first-order valence-corrected chi connectivity index (χ1v) is 7.72. The lowest BCUT2D eigenvalue weighted by molar-refractivity contribution is 0.332. The van der Waals surface area contributed by atoms with E-state index in [1.807, 2.05) is 20.8 Å². The van der Waals surface area contributed by atoms with E-state index in [0.717, 1.165) is 0 Å². The zero-order valence-corrected chi connectivity index (χ0v) is 12.5. The fourth-order valence-corrected chi connectivity index (χ4v) is 2.43. The molecule has 0 aliphatic heterocycles. The van der Waals surface area contributed by atoms with Gasteiger partial charge < -0.3 is 4.90 Å². The lowest BCUT2D eigenvalue weighted by Gasteiger charge is -2.38. The molecular formula is C13H19F2NO3S. The van der Waals surface area contributed by atoms with Gasteiger partial charge in [0.1, 0.15) is 17.7 Å². The molecule has 0 heterocycles. The van der Waals surface area contributed by atoms with Crippen molar-refractivity contribution in [2.45, 2.75) is 32.5 Å². The van der Waals surface area contributed by atoms with Gasteiger partial charge in [-0.2, -0.15) is 8.42 Å². The Kier molecular flexibility index (Phi) is 5.10. The molecule has 1 N–H and O–H groups in total. The van der Waals surface area contributed by atoms with Gasteiger partial charge in [0.05, 0.1) is 6.54 Å². The summed E-state index contributed by atoms with van der Waals surface area (Å²) in [6, 6.07) is 5.51. The third-order valence-electron chi connectivity index (χ3n) is 2.72. The zero-order valence-electron chi connectivity index (χ0n) is 11.7. The Morgan fingerprint density at radius 1 is 1.25 bits per heavy atom. The van der Waals surface area contributed by atoms with Crippen molar-refractivity contribution < 1.29 is 21.8 Å². The minimum Gasteiger partial charge on any atom is -0.364 e. The Morgan fingerprint density at radius 2 is 1.75 bits per heavy atom. The van der Waals surface area contributed by atoms with Gasteiger partial charge in [-0.1, -0.05) is 0 Å². The SMILES string of the molecule is CC(C)(C)N(CC(F)CS(=O)(=O)O)c1ccc(F)cc1. The van der Waals surface area contributed by atoms with Crippen molar-refractivity contribution in [3.63, 3.8) is 0 Å². The number of hydrogen-bond acceptors (Lipinski definition) is 3. The van der Waals surface area contributed by atoms with Gasteiger partial charge in [0.15, 0.2) is 0 Å². The first-order chi connectivity index (χ1) is 8.99. The predicted octanol–water partition coefficient (Wildman–Crippen LogP) is 2.66. The smallest absolute Gasteiger partial charge is 0.267 e. The maximum Gasteiger partial charge on any atom is 0.267 e. The van der Waals surface area contributed by atoms with Gasteiger partial charge in [0.25, 0.3) is 10.1 Å². The van der Waals surface area contributed by atoms with Crippen LogP contribution >= 0.6 is 0 Å². The summed E-state index contributed by atoms with van der Waals surface area (Å²) in [5.74, 6) is -1.36. The highest BCUT2D eigenvalue weighted by Gasteiger charge is 2.27. The van der Waals surface area contributed by atoms with E-state index in [1.54, 1.807) is 4.90 Å². The second-order valence-electron chi connectivity index (χ2n) is 5.60. The summed E-state index contributed by atoms with van der Waals surface area (Å²) >= 11 is 0. The fourth-order valence-electron chi connectivity index (χ4n) is 1.87. The molecule has 1 aromatic rings. The average Bonchev–Trinajstić information content (AvgIpc) is 2.23. The lowest BCUT2D eigenvalue weighted by atomic mass is 10.0. The highest BCUT2D eigenvalue weighted by Crippen LogP contribution is 2.25. The minimum absolute atomic E-state index is 0.213. The quantitative estimate of drug-likeness (QED) is 0.850. The van der Waals surface area contributed by atoms with Crippen LogP contribution in [0.4, 0.5) is 14.5 Å². The summed E-state index contributed by atoms with van der Waals surface area (Å²) in [6.07, 6.45) is -1.74. The van der Waals surface area contributed by atoms with E-state index < -0.39 is 33.4 Å². The molecule has 0 radical (unpaired) electrons. The van der Waals surface area contributed by atoms with Crippen LogP contribution in [0.25, 0.3) is 0 Å². The van der Waals surface area contributed by atoms with Gasteiger partial charge in [-0.3, -0.25) is 4.55 Å². The van der Waals surface area contributed by atoms with Crippen molar-refractivity contribution in [1.29, 1.82) is 0 Å². The number of anilines is 1. The summed E-state index contributed by atoms with van der Waals surface area (Å²) in [7, 11) is -4.37. The predicted molar refractivity (Wildman–Crippen MR) is 74.8 cm³/mol. The molecule has 0 saturated carbocycles. The van der Waals surface area contributed by atoms with E-state index >= 15 is 0 Å². The molecule has 114 valence electrons. The summed E-state index contributed by atoms with van der Waals surface area (Å²) in [4.78, 5) is 1.63. The third-order valence-corrected chi connectivity index (χ3v) is 3.50. The monoisotopic (exact) mass is 307 g/mol. The van der Waals surface area contributed by atoms with Crippen LogP contribution in [-0.2, 0) is 10.1 Å². The molecule has 20 heavy (non-hydrogen) atoms. The van der Waals surface area contributed by atoms with E-state index in [-0.39, 0.29) is 6.54 Å². The molecule has 4 nitrogen and oxygen atoms in total. The Hall–Kier alpha value is -1.21. The number of benzene rings is 1. The Bertz CT molecular complexity index is 538. The molecule has 0 aromatic heterocycles. The van der Waals surface area contributed by atoms with Crippen LogP contribution in [0.1, 0.15) is 20.8 Å². The summed E-state index contributed by atoms with van der Waals surface area (Å²) < 4.78 is 56.8. The first kappa shape index (κ1) is 16.8. The van der Waals surface area contributed by atoms with Crippen LogP contribution in [0.3, 0.4) is 0 Å². The first-order valence-electron chi connectivity index (χ1n) is 6.11. The van der Waals surface area contributed by atoms with E-state index in [1.165, 1.54) is 24.3 Å². The highest BCUT2D eigenvalue weighted by molar-refractivity contribution is 7.85. The molecule has 0 aliphatic rings. The molecule has 0 bridgehead atoms. The van der Waals surface area contributed by atoms with Crippen LogP contribution in [-0.4, -0.2) is 37.0 Å². The topological polar surface area (TPSA) is 57.6 Å². The largest absolute Gasteiger partial charge is 0.364 e. The number of rotatable bonds is 5. The maximum atomic E-state index is 13.8. The highest BCUT2D eigenvalue weighted by atomic mass is 32.2. The number of nitrogens with zero attached hydrogens (tertiary/aromatic N) is 1. The number of alkyl halides is 1. The molecule has 7 heteroatoms. The van der Waals surface area contributed by atoms with Crippen LogP contribution in [0.15, 0.2) is 24.3 Å². The summed E-state index contributed by atoms with van der Waals surface area (Å²) in [6.45, 7) is 5.28. The molecular weight excluding hydrogens is 288 g/mol.